The van der Waals surface area contributed by atoms with Gasteiger partial charge in [-0.3, -0.25) is 4.79 Å². The molecule has 84 valence electrons. The van der Waals surface area contributed by atoms with Crippen LogP contribution in [0, 0.1) is 0 Å². The Kier molecular flexibility index (Phi) is 4.33. The van der Waals surface area contributed by atoms with E-state index in [1.54, 1.807) is 12.1 Å². The topological polar surface area (TPSA) is 79.7 Å². The van der Waals surface area contributed by atoms with Crippen LogP contribution in [0.25, 0.3) is 0 Å². The van der Waals surface area contributed by atoms with Crippen molar-refractivity contribution >= 4 is 5.91 Å². The molecule has 0 atom stereocenters. The Morgan fingerprint density at radius 2 is 2.33 bits per heavy atom. The second-order valence-corrected chi connectivity index (χ2v) is 3.08. The number of hydrogen-bond donors (Lipinski definition) is 2. The highest BCUT2D eigenvalue weighted by atomic mass is 16.4. The summed E-state index contributed by atoms with van der Waals surface area (Å²) in [6, 6.07) is 3.28. The SMILES string of the molecule is CCN(CCO)C(=O)c1ccc(CN)o1. The largest absolute Gasteiger partial charge is 0.455 e. The van der Waals surface area contributed by atoms with E-state index in [2.05, 4.69) is 0 Å². The number of rotatable bonds is 5. The smallest absolute Gasteiger partial charge is 0.289 e. The second-order valence-electron chi connectivity index (χ2n) is 3.08. The number of amides is 1. The molecule has 0 aliphatic carbocycles. The molecule has 1 amide bonds. The third-order valence-corrected chi connectivity index (χ3v) is 2.11. The molecule has 5 heteroatoms. The van der Waals surface area contributed by atoms with Crippen molar-refractivity contribution in [1.82, 2.24) is 4.90 Å². The monoisotopic (exact) mass is 212 g/mol. The molecule has 0 aliphatic rings. The summed E-state index contributed by atoms with van der Waals surface area (Å²) in [6.07, 6.45) is 0. The van der Waals surface area contributed by atoms with Crippen LogP contribution in [0.1, 0.15) is 23.2 Å². The molecule has 0 spiro atoms. The van der Waals surface area contributed by atoms with Crippen LogP contribution in [-0.2, 0) is 6.54 Å². The highest BCUT2D eigenvalue weighted by Gasteiger charge is 2.16. The van der Waals surface area contributed by atoms with Crippen LogP contribution in [0.5, 0.6) is 0 Å². The first kappa shape index (κ1) is 11.7. The third kappa shape index (κ3) is 2.81. The zero-order valence-corrected chi connectivity index (χ0v) is 8.77. The first-order valence-electron chi connectivity index (χ1n) is 4.91. The van der Waals surface area contributed by atoms with Gasteiger partial charge in [-0.2, -0.15) is 0 Å². The summed E-state index contributed by atoms with van der Waals surface area (Å²) < 4.78 is 5.23. The van der Waals surface area contributed by atoms with Crippen molar-refractivity contribution in [3.63, 3.8) is 0 Å². The van der Waals surface area contributed by atoms with E-state index in [9.17, 15) is 4.79 Å². The lowest BCUT2D eigenvalue weighted by molar-refractivity contribution is 0.0698. The van der Waals surface area contributed by atoms with E-state index in [1.807, 2.05) is 6.92 Å². The lowest BCUT2D eigenvalue weighted by Gasteiger charge is -2.17. The average molecular weight is 212 g/mol. The van der Waals surface area contributed by atoms with Crippen molar-refractivity contribution in [3.05, 3.63) is 23.7 Å². The molecule has 1 aromatic heterocycles. The fourth-order valence-electron chi connectivity index (χ4n) is 1.28. The van der Waals surface area contributed by atoms with Gasteiger partial charge in [0.25, 0.3) is 5.91 Å². The van der Waals surface area contributed by atoms with Gasteiger partial charge in [-0.25, -0.2) is 0 Å². The maximum absolute atomic E-state index is 11.8. The van der Waals surface area contributed by atoms with Crippen molar-refractivity contribution in [2.24, 2.45) is 5.73 Å². The van der Waals surface area contributed by atoms with Crippen LogP contribution >= 0.6 is 0 Å². The standard InChI is InChI=1S/C10H16N2O3/c1-2-12(5-6-13)10(14)9-4-3-8(7-11)15-9/h3-4,13H,2,5-7,11H2,1H3. The van der Waals surface area contributed by atoms with E-state index in [1.165, 1.54) is 4.90 Å². The average Bonchev–Trinajstić information content (AvgIpc) is 2.73. The number of aliphatic hydroxyl groups excluding tert-OH is 1. The summed E-state index contributed by atoms with van der Waals surface area (Å²) in [6.45, 7) is 2.93. The van der Waals surface area contributed by atoms with Crippen LogP contribution in [0.3, 0.4) is 0 Å². The maximum atomic E-state index is 11.8. The van der Waals surface area contributed by atoms with Crippen molar-refractivity contribution < 1.29 is 14.3 Å². The zero-order chi connectivity index (χ0) is 11.3. The summed E-state index contributed by atoms with van der Waals surface area (Å²) >= 11 is 0. The third-order valence-electron chi connectivity index (χ3n) is 2.11. The molecule has 0 radical (unpaired) electrons. The zero-order valence-electron chi connectivity index (χ0n) is 8.77. The Bertz CT molecular complexity index is 322. The summed E-state index contributed by atoms with van der Waals surface area (Å²) in [7, 11) is 0. The van der Waals surface area contributed by atoms with Gasteiger partial charge in [-0.05, 0) is 19.1 Å². The van der Waals surface area contributed by atoms with Crippen LogP contribution in [0.4, 0.5) is 0 Å². The number of nitrogens with zero attached hydrogens (tertiary/aromatic N) is 1. The minimum absolute atomic E-state index is 0.0516. The Morgan fingerprint density at radius 1 is 1.60 bits per heavy atom. The van der Waals surface area contributed by atoms with Gasteiger partial charge in [0.2, 0.25) is 0 Å². The Morgan fingerprint density at radius 3 is 2.80 bits per heavy atom. The van der Waals surface area contributed by atoms with Crippen molar-refractivity contribution in [2.45, 2.75) is 13.5 Å². The molecule has 0 aromatic carbocycles. The van der Waals surface area contributed by atoms with Crippen molar-refractivity contribution in [1.29, 1.82) is 0 Å². The number of furan rings is 1. The molecule has 1 heterocycles. The van der Waals surface area contributed by atoms with Crippen LogP contribution in [0.15, 0.2) is 16.5 Å². The van der Waals surface area contributed by atoms with Gasteiger partial charge in [0.05, 0.1) is 13.2 Å². The van der Waals surface area contributed by atoms with Gasteiger partial charge in [-0.15, -0.1) is 0 Å². The van der Waals surface area contributed by atoms with Crippen LogP contribution < -0.4 is 5.73 Å². The number of hydrogen-bond acceptors (Lipinski definition) is 4. The molecule has 1 rings (SSSR count). The van der Waals surface area contributed by atoms with Gasteiger partial charge < -0.3 is 20.2 Å². The molecule has 0 bridgehead atoms. The minimum atomic E-state index is -0.216. The molecule has 0 unspecified atom stereocenters. The lowest BCUT2D eigenvalue weighted by Crippen LogP contribution is -2.33. The Labute approximate surface area is 88.5 Å². The normalized spacial score (nSPS) is 10.3. The molecule has 15 heavy (non-hydrogen) atoms. The molecule has 5 nitrogen and oxygen atoms in total. The van der Waals surface area contributed by atoms with E-state index in [0.717, 1.165) is 0 Å². The number of aliphatic hydroxyl groups is 1. The summed E-state index contributed by atoms with van der Waals surface area (Å²) in [5.74, 6) is 0.635. The summed E-state index contributed by atoms with van der Waals surface area (Å²) in [5.41, 5.74) is 5.37. The lowest BCUT2D eigenvalue weighted by atomic mass is 10.3. The molecular weight excluding hydrogens is 196 g/mol. The van der Waals surface area contributed by atoms with Gasteiger partial charge in [0.15, 0.2) is 5.76 Å². The fourth-order valence-corrected chi connectivity index (χ4v) is 1.28. The van der Waals surface area contributed by atoms with Crippen LogP contribution in [-0.4, -0.2) is 35.6 Å². The minimum Gasteiger partial charge on any atom is -0.455 e. The summed E-state index contributed by atoms with van der Waals surface area (Å²) in [4.78, 5) is 13.3. The predicted octanol–water partition coefficient (Wildman–Crippen LogP) is 0.193. The summed E-state index contributed by atoms with van der Waals surface area (Å²) in [5, 5.41) is 8.77. The highest BCUT2D eigenvalue weighted by molar-refractivity contribution is 5.91. The maximum Gasteiger partial charge on any atom is 0.289 e. The van der Waals surface area contributed by atoms with Crippen molar-refractivity contribution in [3.8, 4) is 0 Å². The fraction of sp³-hybridized carbons (Fsp3) is 0.500. The highest BCUT2D eigenvalue weighted by Crippen LogP contribution is 2.10. The number of carbonyl (C=O) groups excluding carboxylic acids is 1. The molecule has 3 N–H and O–H groups in total. The molecule has 0 fully saturated rings. The Hall–Kier alpha value is -1.33. The van der Waals surface area contributed by atoms with E-state index in [0.29, 0.717) is 18.8 Å². The molecule has 0 saturated carbocycles. The number of nitrogens with two attached hydrogens (primary N) is 1. The van der Waals surface area contributed by atoms with E-state index in [4.69, 9.17) is 15.3 Å². The Balaban J connectivity index is 2.73. The molecule has 0 saturated heterocycles. The predicted molar refractivity (Wildman–Crippen MR) is 55.3 cm³/mol. The quantitative estimate of drug-likeness (QED) is 0.730. The molecule has 0 aliphatic heterocycles. The van der Waals surface area contributed by atoms with Gasteiger partial charge in [-0.1, -0.05) is 0 Å². The van der Waals surface area contributed by atoms with Gasteiger partial charge >= 0.3 is 0 Å². The molecule has 1 aromatic rings. The molecular formula is C10H16N2O3. The van der Waals surface area contributed by atoms with Crippen LogP contribution in [0.2, 0.25) is 0 Å². The number of carbonyl (C=O) groups is 1. The van der Waals surface area contributed by atoms with E-state index >= 15 is 0 Å². The van der Waals surface area contributed by atoms with E-state index < -0.39 is 0 Å². The van der Waals surface area contributed by atoms with Gasteiger partial charge in [0, 0.05) is 13.1 Å². The van der Waals surface area contributed by atoms with Crippen molar-refractivity contribution in [2.75, 3.05) is 19.7 Å². The first-order chi connectivity index (χ1) is 7.22. The van der Waals surface area contributed by atoms with E-state index in [-0.39, 0.29) is 24.8 Å². The van der Waals surface area contributed by atoms with Gasteiger partial charge in [0.1, 0.15) is 5.76 Å². The second kappa shape index (κ2) is 5.53. The number of likely N-dealkylation sites (N-methyl/N-ethyl adjacent to an activating group) is 1. The first-order valence-corrected chi connectivity index (χ1v) is 4.91.